The summed E-state index contributed by atoms with van der Waals surface area (Å²) in [6.45, 7) is 10.5. The first-order valence-electron chi connectivity index (χ1n) is 20.8. The molecule has 0 aromatic heterocycles. The maximum Gasteiger partial charge on any atom is 0.251 e. The highest BCUT2D eigenvalue weighted by atomic mass is 16.5. The molecule has 13 nitrogen and oxygen atoms in total. The van der Waals surface area contributed by atoms with Gasteiger partial charge in [0.25, 0.3) is 11.8 Å². The summed E-state index contributed by atoms with van der Waals surface area (Å²) in [5, 5.41) is 17.0. The number of anilines is 1. The van der Waals surface area contributed by atoms with Gasteiger partial charge in [0.2, 0.25) is 0 Å². The van der Waals surface area contributed by atoms with Gasteiger partial charge >= 0.3 is 0 Å². The average Bonchev–Trinajstić information content (AvgIpc) is 3.58. The lowest BCUT2D eigenvalue weighted by atomic mass is 9.94. The van der Waals surface area contributed by atoms with Crippen LogP contribution in [0.1, 0.15) is 75.7 Å². The van der Waals surface area contributed by atoms with Gasteiger partial charge < -0.3 is 45.7 Å². The van der Waals surface area contributed by atoms with Gasteiger partial charge in [-0.1, -0.05) is 18.2 Å². The van der Waals surface area contributed by atoms with Crippen molar-refractivity contribution in [2.45, 2.75) is 44.3 Å². The molecule has 2 amide bonds. The third-order valence-corrected chi connectivity index (χ3v) is 11.8. The Bertz CT molecular complexity index is 2180. The SMILES string of the molecule is CCOCCNC(=O)c1ccc2c(c1)NC(N1CCNCC1)c1cc(C3CCC(NC(=O)c4ccc5c(c4)N=C(N4CCNCC4)c4ccccc4O5)C3)ccc1O2. The van der Waals surface area contributed by atoms with Gasteiger partial charge in [0.15, 0.2) is 11.5 Å². The Morgan fingerprint density at radius 3 is 2.38 bits per heavy atom. The highest BCUT2D eigenvalue weighted by Gasteiger charge is 2.33. The molecule has 302 valence electrons. The largest absolute Gasteiger partial charge is 0.455 e. The summed E-state index contributed by atoms with van der Waals surface area (Å²) in [6, 6.07) is 25.7. The molecule has 4 aliphatic heterocycles. The number of amidine groups is 1. The lowest BCUT2D eigenvalue weighted by molar-refractivity contribution is 0.0919. The summed E-state index contributed by atoms with van der Waals surface area (Å²) in [4.78, 5) is 36.7. The Hall–Kier alpha value is -5.47. The van der Waals surface area contributed by atoms with Crippen molar-refractivity contribution < 1.29 is 23.8 Å². The normalized spacial score (nSPS) is 21.3. The van der Waals surface area contributed by atoms with Crippen LogP contribution in [0.15, 0.2) is 83.9 Å². The van der Waals surface area contributed by atoms with Crippen molar-refractivity contribution in [1.82, 2.24) is 31.1 Å². The second kappa shape index (κ2) is 17.2. The van der Waals surface area contributed by atoms with Gasteiger partial charge in [-0.05, 0) is 98.3 Å². The molecule has 0 spiro atoms. The number of hydrogen-bond donors (Lipinski definition) is 5. The number of amides is 2. The fourth-order valence-corrected chi connectivity index (χ4v) is 8.72. The molecule has 2 saturated heterocycles. The zero-order valence-corrected chi connectivity index (χ0v) is 33.0. The third kappa shape index (κ3) is 8.12. The molecule has 4 aromatic carbocycles. The average molecular weight is 785 g/mol. The minimum absolute atomic E-state index is 0.0382. The monoisotopic (exact) mass is 784 g/mol. The zero-order chi connectivity index (χ0) is 39.4. The zero-order valence-electron chi connectivity index (χ0n) is 33.0. The van der Waals surface area contributed by atoms with E-state index in [1.54, 1.807) is 6.07 Å². The third-order valence-electron chi connectivity index (χ3n) is 11.8. The van der Waals surface area contributed by atoms with Crippen LogP contribution in [0, 0.1) is 0 Å². The van der Waals surface area contributed by atoms with Crippen molar-refractivity contribution in [2.24, 2.45) is 4.99 Å². The van der Waals surface area contributed by atoms with E-state index in [9.17, 15) is 9.59 Å². The standard InChI is InChI=1S/C45H52N8O5/c1-2-56-24-19-48-44(54)31-9-13-41-36(27-31)51-43(53-22-17-47-18-23-53)35-26-30(8-12-39(35)58-41)29-7-11-33(25-29)49-45(55)32-10-14-40-37(28-32)50-42(52-20-15-46-16-21-52)34-5-3-4-6-38(34)57-40/h3-6,8-10,12-14,26-29,33,43,46-47,51H,2,7,11,15-25H2,1H3,(H,48,54)(H,49,55). The Balaban J connectivity index is 0.909. The maximum absolute atomic E-state index is 13.8. The second-order valence-corrected chi connectivity index (χ2v) is 15.5. The van der Waals surface area contributed by atoms with Gasteiger partial charge in [0.05, 0.1) is 17.9 Å². The molecule has 58 heavy (non-hydrogen) atoms. The van der Waals surface area contributed by atoms with Crippen LogP contribution >= 0.6 is 0 Å². The number of piperazine rings is 2. The summed E-state index contributed by atoms with van der Waals surface area (Å²) in [6.07, 6.45) is 2.55. The molecule has 1 saturated carbocycles. The summed E-state index contributed by atoms with van der Waals surface area (Å²) in [5.41, 5.74) is 5.82. The molecular formula is C45H52N8O5. The molecule has 3 fully saturated rings. The summed E-state index contributed by atoms with van der Waals surface area (Å²) in [5.74, 6) is 3.78. The molecule has 5 N–H and O–H groups in total. The molecule has 1 aliphatic carbocycles. The van der Waals surface area contributed by atoms with Crippen LogP contribution in [0.25, 0.3) is 0 Å². The van der Waals surface area contributed by atoms with Crippen molar-refractivity contribution in [3.63, 3.8) is 0 Å². The predicted octanol–water partition coefficient (Wildman–Crippen LogP) is 5.73. The molecule has 5 aliphatic rings. The number of benzene rings is 4. The number of rotatable bonds is 9. The van der Waals surface area contributed by atoms with E-state index in [-0.39, 0.29) is 29.9 Å². The van der Waals surface area contributed by atoms with Crippen LogP contribution in [0.3, 0.4) is 0 Å². The lowest BCUT2D eigenvalue weighted by Gasteiger charge is -2.35. The fraction of sp³-hybridized carbons (Fsp3) is 0.400. The van der Waals surface area contributed by atoms with Crippen LogP contribution < -0.4 is 36.1 Å². The molecule has 0 radical (unpaired) electrons. The molecule has 4 aromatic rings. The van der Waals surface area contributed by atoms with Crippen LogP contribution in [-0.4, -0.2) is 106 Å². The Morgan fingerprint density at radius 2 is 1.55 bits per heavy atom. The van der Waals surface area contributed by atoms with Crippen LogP contribution in [-0.2, 0) is 4.74 Å². The van der Waals surface area contributed by atoms with Gasteiger partial charge in [-0.3, -0.25) is 14.5 Å². The minimum atomic E-state index is -0.148. The highest BCUT2D eigenvalue weighted by Crippen LogP contribution is 2.45. The van der Waals surface area contributed by atoms with Crippen molar-refractivity contribution in [1.29, 1.82) is 0 Å². The van der Waals surface area contributed by atoms with Crippen molar-refractivity contribution in [3.05, 3.63) is 107 Å². The van der Waals surface area contributed by atoms with E-state index in [1.165, 1.54) is 5.56 Å². The predicted molar refractivity (Wildman–Crippen MR) is 224 cm³/mol. The number of fused-ring (bicyclic) bond motifs is 4. The van der Waals surface area contributed by atoms with E-state index >= 15 is 0 Å². The second-order valence-electron chi connectivity index (χ2n) is 15.5. The molecule has 0 bridgehead atoms. The van der Waals surface area contributed by atoms with Gasteiger partial charge in [-0.15, -0.1) is 0 Å². The van der Waals surface area contributed by atoms with Crippen molar-refractivity contribution >= 4 is 29.0 Å². The van der Waals surface area contributed by atoms with E-state index in [1.807, 2.05) is 55.5 Å². The van der Waals surface area contributed by atoms with E-state index in [0.717, 1.165) is 106 Å². The van der Waals surface area contributed by atoms with E-state index in [4.69, 9.17) is 19.2 Å². The number of carbonyl (C=O) groups is 2. The van der Waals surface area contributed by atoms with Crippen LogP contribution in [0.2, 0.25) is 0 Å². The number of ether oxygens (including phenoxy) is 3. The number of nitrogens with zero attached hydrogens (tertiary/aromatic N) is 3. The van der Waals surface area contributed by atoms with Gasteiger partial charge in [-0.2, -0.15) is 0 Å². The summed E-state index contributed by atoms with van der Waals surface area (Å²) >= 11 is 0. The topological polar surface area (TPSA) is 141 Å². The Kier molecular flexibility index (Phi) is 11.3. The smallest absolute Gasteiger partial charge is 0.251 e. The Labute approximate surface area is 339 Å². The van der Waals surface area contributed by atoms with Crippen LogP contribution in [0.4, 0.5) is 11.4 Å². The number of nitrogens with one attached hydrogen (secondary N) is 5. The highest BCUT2D eigenvalue weighted by molar-refractivity contribution is 6.04. The first-order valence-corrected chi connectivity index (χ1v) is 20.8. The minimum Gasteiger partial charge on any atom is -0.455 e. The number of para-hydroxylation sites is 1. The van der Waals surface area contributed by atoms with E-state index in [2.05, 4.69) is 60.6 Å². The summed E-state index contributed by atoms with van der Waals surface area (Å²) < 4.78 is 18.3. The summed E-state index contributed by atoms with van der Waals surface area (Å²) in [7, 11) is 0. The molecular weight excluding hydrogens is 733 g/mol. The first kappa shape index (κ1) is 38.1. The quantitative estimate of drug-likeness (QED) is 0.134. The maximum atomic E-state index is 13.8. The van der Waals surface area contributed by atoms with Gasteiger partial charge in [-0.25, -0.2) is 4.99 Å². The molecule has 3 unspecified atom stereocenters. The Morgan fingerprint density at radius 1 is 0.810 bits per heavy atom. The lowest BCUT2D eigenvalue weighted by Crippen LogP contribution is -2.47. The molecule has 3 atom stereocenters. The van der Waals surface area contributed by atoms with Gasteiger partial charge in [0.1, 0.15) is 29.2 Å². The van der Waals surface area contributed by atoms with E-state index < -0.39 is 0 Å². The molecule has 13 heteroatoms. The van der Waals surface area contributed by atoms with Gasteiger partial charge in [0, 0.05) is 88.2 Å². The molecule has 9 rings (SSSR count). The number of hydrogen-bond acceptors (Lipinski definition) is 11. The fourth-order valence-electron chi connectivity index (χ4n) is 8.72. The van der Waals surface area contributed by atoms with Crippen molar-refractivity contribution in [3.8, 4) is 23.0 Å². The van der Waals surface area contributed by atoms with E-state index in [0.29, 0.717) is 48.1 Å². The molecule has 4 heterocycles. The number of carbonyl (C=O) groups excluding carboxylic acids is 2. The number of aliphatic imine (C=N–C) groups is 1. The first-order chi connectivity index (χ1) is 28.5. The van der Waals surface area contributed by atoms with Crippen LogP contribution in [0.5, 0.6) is 23.0 Å². The van der Waals surface area contributed by atoms with Crippen molar-refractivity contribution in [2.75, 3.05) is 77.4 Å².